The summed E-state index contributed by atoms with van der Waals surface area (Å²) in [5.41, 5.74) is 5.27. The molecule has 4 rings (SSSR count). The molecular formula is C21H20N2O3. The molecule has 0 atom stereocenters. The van der Waals surface area contributed by atoms with E-state index in [9.17, 15) is 14.7 Å². The number of aliphatic carboxylic acids is 1. The van der Waals surface area contributed by atoms with Crippen molar-refractivity contribution in [2.75, 3.05) is 11.4 Å². The van der Waals surface area contributed by atoms with E-state index in [0.717, 1.165) is 33.3 Å². The Morgan fingerprint density at radius 3 is 2.58 bits per heavy atom. The molecule has 1 N–H and O–H groups in total. The lowest BCUT2D eigenvalue weighted by atomic mass is 10.00. The molecule has 0 saturated carbocycles. The predicted molar refractivity (Wildman–Crippen MR) is 101 cm³/mol. The van der Waals surface area contributed by atoms with Gasteiger partial charge in [-0.3, -0.25) is 9.59 Å². The number of carboxylic acids is 1. The molecule has 26 heavy (non-hydrogen) atoms. The zero-order valence-electron chi connectivity index (χ0n) is 14.8. The lowest BCUT2D eigenvalue weighted by molar-refractivity contribution is -0.137. The molecule has 0 spiro atoms. The minimum atomic E-state index is -0.950. The van der Waals surface area contributed by atoms with Crippen molar-refractivity contribution in [2.24, 2.45) is 0 Å². The van der Waals surface area contributed by atoms with Gasteiger partial charge in [-0.2, -0.15) is 0 Å². The molecule has 0 unspecified atom stereocenters. The lowest BCUT2D eigenvalue weighted by Crippen LogP contribution is -2.39. The SMILES string of the molecule is Cc1cc(C)c2c(c1)c1c(n2CC(=O)O)C(=O)N(c2ccccc2)CC1. The van der Waals surface area contributed by atoms with Crippen LogP contribution >= 0.6 is 0 Å². The van der Waals surface area contributed by atoms with Crippen molar-refractivity contribution in [3.05, 3.63) is 64.8 Å². The minimum Gasteiger partial charge on any atom is -0.480 e. The van der Waals surface area contributed by atoms with Crippen LogP contribution in [-0.2, 0) is 17.8 Å². The maximum atomic E-state index is 13.3. The van der Waals surface area contributed by atoms with Crippen LogP contribution in [0, 0.1) is 13.8 Å². The number of carboxylic acid groups (broad SMARTS) is 1. The lowest BCUT2D eigenvalue weighted by Gasteiger charge is -2.28. The highest BCUT2D eigenvalue weighted by Crippen LogP contribution is 2.35. The van der Waals surface area contributed by atoms with E-state index in [1.165, 1.54) is 0 Å². The average Bonchev–Trinajstić information content (AvgIpc) is 2.90. The summed E-state index contributed by atoms with van der Waals surface area (Å²) in [6, 6.07) is 13.6. The molecule has 1 aliphatic heterocycles. The molecule has 5 nitrogen and oxygen atoms in total. The number of aryl methyl sites for hydroxylation is 2. The molecule has 2 aromatic carbocycles. The topological polar surface area (TPSA) is 62.5 Å². The Hall–Kier alpha value is -3.08. The summed E-state index contributed by atoms with van der Waals surface area (Å²) in [5.74, 6) is -1.08. The highest BCUT2D eigenvalue weighted by atomic mass is 16.4. The van der Waals surface area contributed by atoms with Crippen molar-refractivity contribution >= 4 is 28.5 Å². The Kier molecular flexibility index (Phi) is 3.80. The number of hydrogen-bond acceptors (Lipinski definition) is 2. The van der Waals surface area contributed by atoms with Gasteiger partial charge in [-0.15, -0.1) is 0 Å². The molecule has 0 saturated heterocycles. The van der Waals surface area contributed by atoms with Gasteiger partial charge in [0.2, 0.25) is 0 Å². The molecule has 0 bridgehead atoms. The van der Waals surface area contributed by atoms with Crippen LogP contribution in [0.2, 0.25) is 0 Å². The molecule has 5 heteroatoms. The molecule has 1 amide bonds. The quantitative estimate of drug-likeness (QED) is 0.787. The summed E-state index contributed by atoms with van der Waals surface area (Å²) < 4.78 is 1.68. The van der Waals surface area contributed by atoms with E-state index in [0.29, 0.717) is 18.7 Å². The standard InChI is InChI=1S/C21H20N2O3/c1-13-10-14(2)19-17(11-13)16-8-9-22(15-6-4-3-5-7-15)21(26)20(16)23(19)12-18(24)25/h3-7,10-11H,8-9,12H2,1-2H3,(H,24,25). The van der Waals surface area contributed by atoms with Crippen LogP contribution in [0.4, 0.5) is 5.69 Å². The van der Waals surface area contributed by atoms with Gasteiger partial charge in [0.05, 0.1) is 5.52 Å². The third-order valence-corrected chi connectivity index (χ3v) is 4.99. The zero-order chi connectivity index (χ0) is 18.4. The van der Waals surface area contributed by atoms with E-state index in [4.69, 9.17) is 0 Å². The maximum Gasteiger partial charge on any atom is 0.323 e. The van der Waals surface area contributed by atoms with Gasteiger partial charge in [0.1, 0.15) is 12.2 Å². The Morgan fingerprint density at radius 2 is 1.88 bits per heavy atom. The van der Waals surface area contributed by atoms with Gasteiger partial charge in [0.25, 0.3) is 5.91 Å². The van der Waals surface area contributed by atoms with Crippen molar-refractivity contribution in [3.8, 4) is 0 Å². The molecule has 1 aliphatic rings. The number of carbonyl (C=O) groups excluding carboxylic acids is 1. The van der Waals surface area contributed by atoms with Crippen molar-refractivity contribution < 1.29 is 14.7 Å². The first-order valence-electron chi connectivity index (χ1n) is 8.68. The first-order valence-corrected chi connectivity index (χ1v) is 8.68. The van der Waals surface area contributed by atoms with E-state index in [1.807, 2.05) is 50.2 Å². The summed E-state index contributed by atoms with van der Waals surface area (Å²) in [6.07, 6.45) is 0.710. The highest BCUT2D eigenvalue weighted by Gasteiger charge is 2.32. The molecule has 0 fully saturated rings. The number of amides is 1. The Labute approximate surface area is 151 Å². The second-order valence-corrected chi connectivity index (χ2v) is 6.83. The predicted octanol–water partition coefficient (Wildman–Crippen LogP) is 3.55. The number of para-hydroxylation sites is 1. The molecule has 3 aromatic rings. The van der Waals surface area contributed by atoms with Crippen LogP contribution in [0.1, 0.15) is 27.2 Å². The van der Waals surface area contributed by atoms with Crippen LogP contribution in [0.15, 0.2) is 42.5 Å². The second-order valence-electron chi connectivity index (χ2n) is 6.83. The number of benzene rings is 2. The smallest absolute Gasteiger partial charge is 0.323 e. The van der Waals surface area contributed by atoms with Crippen molar-refractivity contribution in [1.29, 1.82) is 0 Å². The van der Waals surface area contributed by atoms with Crippen LogP contribution in [0.5, 0.6) is 0 Å². The molecule has 0 aliphatic carbocycles. The van der Waals surface area contributed by atoms with Crippen LogP contribution in [0.25, 0.3) is 10.9 Å². The van der Waals surface area contributed by atoms with E-state index in [-0.39, 0.29) is 12.5 Å². The van der Waals surface area contributed by atoms with Gasteiger partial charge in [-0.05, 0) is 49.6 Å². The van der Waals surface area contributed by atoms with Gasteiger partial charge in [0, 0.05) is 17.6 Å². The zero-order valence-corrected chi connectivity index (χ0v) is 14.8. The fraction of sp³-hybridized carbons (Fsp3) is 0.238. The van der Waals surface area contributed by atoms with Gasteiger partial charge in [-0.25, -0.2) is 0 Å². The molecular weight excluding hydrogens is 328 g/mol. The maximum absolute atomic E-state index is 13.3. The normalized spacial score (nSPS) is 13.9. The number of aromatic nitrogens is 1. The molecule has 1 aromatic heterocycles. The van der Waals surface area contributed by atoms with Crippen LogP contribution in [-0.4, -0.2) is 28.1 Å². The largest absolute Gasteiger partial charge is 0.480 e. The van der Waals surface area contributed by atoms with Gasteiger partial charge >= 0.3 is 5.97 Å². The summed E-state index contributed by atoms with van der Waals surface area (Å²) in [6.45, 7) is 4.37. The van der Waals surface area contributed by atoms with E-state index >= 15 is 0 Å². The Morgan fingerprint density at radius 1 is 1.15 bits per heavy atom. The third kappa shape index (κ3) is 2.47. The molecule has 0 radical (unpaired) electrons. The van der Waals surface area contributed by atoms with E-state index in [1.54, 1.807) is 9.47 Å². The number of rotatable bonds is 3. The Bertz CT molecular complexity index is 1030. The summed E-state index contributed by atoms with van der Waals surface area (Å²) in [7, 11) is 0. The van der Waals surface area contributed by atoms with Gasteiger partial charge in [-0.1, -0.05) is 29.8 Å². The number of fused-ring (bicyclic) bond motifs is 3. The molecule has 132 valence electrons. The first kappa shape index (κ1) is 16.4. The van der Waals surface area contributed by atoms with Crippen molar-refractivity contribution in [3.63, 3.8) is 0 Å². The van der Waals surface area contributed by atoms with Crippen LogP contribution in [0.3, 0.4) is 0 Å². The number of anilines is 1. The fourth-order valence-corrected chi connectivity index (χ4v) is 4.05. The summed E-state index contributed by atoms with van der Waals surface area (Å²) >= 11 is 0. The average molecular weight is 348 g/mol. The Balaban J connectivity index is 1.96. The van der Waals surface area contributed by atoms with Gasteiger partial charge < -0.3 is 14.6 Å². The van der Waals surface area contributed by atoms with Crippen molar-refractivity contribution in [1.82, 2.24) is 4.57 Å². The summed E-state index contributed by atoms with van der Waals surface area (Å²) in [5, 5.41) is 10.4. The fourth-order valence-electron chi connectivity index (χ4n) is 4.05. The number of nitrogens with zero attached hydrogens (tertiary/aromatic N) is 2. The van der Waals surface area contributed by atoms with Crippen LogP contribution < -0.4 is 4.90 Å². The summed E-state index contributed by atoms with van der Waals surface area (Å²) in [4.78, 5) is 26.5. The third-order valence-electron chi connectivity index (χ3n) is 4.99. The highest BCUT2D eigenvalue weighted by molar-refractivity contribution is 6.11. The number of hydrogen-bond donors (Lipinski definition) is 1. The van der Waals surface area contributed by atoms with Crippen molar-refractivity contribution in [2.45, 2.75) is 26.8 Å². The van der Waals surface area contributed by atoms with E-state index in [2.05, 4.69) is 6.07 Å². The first-order chi connectivity index (χ1) is 12.5. The second kappa shape index (κ2) is 6.02. The van der Waals surface area contributed by atoms with Gasteiger partial charge in [0.15, 0.2) is 0 Å². The number of carbonyl (C=O) groups is 2. The minimum absolute atomic E-state index is 0.132. The van der Waals surface area contributed by atoms with E-state index < -0.39 is 5.97 Å². The molecule has 2 heterocycles. The monoisotopic (exact) mass is 348 g/mol.